The van der Waals surface area contributed by atoms with Crippen LogP contribution in [-0.2, 0) is 9.53 Å². The maximum Gasteiger partial charge on any atom is 0.246 e. The third kappa shape index (κ3) is 3.47. The van der Waals surface area contributed by atoms with E-state index in [9.17, 15) is 4.79 Å². The van der Waals surface area contributed by atoms with E-state index >= 15 is 0 Å². The van der Waals surface area contributed by atoms with Crippen molar-refractivity contribution in [3.8, 4) is 0 Å². The van der Waals surface area contributed by atoms with Gasteiger partial charge in [-0.15, -0.1) is 0 Å². The van der Waals surface area contributed by atoms with Crippen molar-refractivity contribution in [1.82, 2.24) is 10.6 Å². The number of amides is 1. The van der Waals surface area contributed by atoms with Crippen LogP contribution in [0.5, 0.6) is 0 Å². The SMILES string of the molecule is CC1CC1NC(=O)COC1CCNCC1. The van der Waals surface area contributed by atoms with E-state index in [1.165, 1.54) is 0 Å². The summed E-state index contributed by atoms with van der Waals surface area (Å²) in [4.78, 5) is 11.4. The molecule has 15 heavy (non-hydrogen) atoms. The average Bonchev–Trinajstić information content (AvgIpc) is 2.93. The van der Waals surface area contributed by atoms with Gasteiger partial charge in [-0.1, -0.05) is 6.92 Å². The van der Waals surface area contributed by atoms with Crippen LogP contribution in [-0.4, -0.2) is 37.7 Å². The highest BCUT2D eigenvalue weighted by atomic mass is 16.5. The molecular formula is C11H20N2O2. The number of carbonyl (C=O) groups excluding carboxylic acids is 1. The van der Waals surface area contributed by atoms with Crippen molar-refractivity contribution in [3.63, 3.8) is 0 Å². The molecule has 1 heterocycles. The Kier molecular flexibility index (Phi) is 3.59. The van der Waals surface area contributed by atoms with Crippen LogP contribution in [0.3, 0.4) is 0 Å². The molecule has 1 aliphatic carbocycles. The summed E-state index contributed by atoms with van der Waals surface area (Å²) < 4.78 is 5.56. The van der Waals surface area contributed by atoms with E-state index in [1.807, 2.05) is 0 Å². The molecule has 0 aromatic heterocycles. The summed E-state index contributed by atoms with van der Waals surface area (Å²) in [6, 6.07) is 0.411. The quantitative estimate of drug-likeness (QED) is 0.704. The van der Waals surface area contributed by atoms with Crippen LogP contribution < -0.4 is 10.6 Å². The van der Waals surface area contributed by atoms with Gasteiger partial charge in [-0.05, 0) is 38.3 Å². The van der Waals surface area contributed by atoms with E-state index in [0.717, 1.165) is 32.4 Å². The average molecular weight is 212 g/mol. The highest BCUT2D eigenvalue weighted by Crippen LogP contribution is 2.28. The topological polar surface area (TPSA) is 50.4 Å². The van der Waals surface area contributed by atoms with Gasteiger partial charge in [0.15, 0.2) is 0 Å². The number of ether oxygens (including phenoxy) is 1. The van der Waals surface area contributed by atoms with E-state index in [1.54, 1.807) is 0 Å². The molecule has 0 bridgehead atoms. The number of hydrogen-bond acceptors (Lipinski definition) is 3. The van der Waals surface area contributed by atoms with Gasteiger partial charge in [-0.3, -0.25) is 4.79 Å². The molecule has 2 aliphatic rings. The Balaban J connectivity index is 1.57. The van der Waals surface area contributed by atoms with Crippen LogP contribution in [0.1, 0.15) is 26.2 Å². The van der Waals surface area contributed by atoms with E-state index in [-0.39, 0.29) is 18.6 Å². The van der Waals surface area contributed by atoms with Gasteiger partial charge >= 0.3 is 0 Å². The van der Waals surface area contributed by atoms with E-state index in [2.05, 4.69) is 17.6 Å². The zero-order valence-electron chi connectivity index (χ0n) is 9.29. The molecule has 0 radical (unpaired) electrons. The maximum atomic E-state index is 11.4. The van der Waals surface area contributed by atoms with Crippen molar-refractivity contribution < 1.29 is 9.53 Å². The second-order valence-electron chi connectivity index (χ2n) is 4.65. The van der Waals surface area contributed by atoms with Gasteiger partial charge in [0.05, 0.1) is 6.10 Å². The third-order valence-corrected chi connectivity index (χ3v) is 3.19. The molecule has 4 nitrogen and oxygen atoms in total. The van der Waals surface area contributed by atoms with Crippen LogP contribution in [0.15, 0.2) is 0 Å². The molecule has 86 valence electrons. The Morgan fingerprint density at radius 2 is 2.13 bits per heavy atom. The first kappa shape index (κ1) is 10.9. The summed E-state index contributed by atoms with van der Waals surface area (Å²) in [7, 11) is 0. The van der Waals surface area contributed by atoms with Crippen molar-refractivity contribution in [2.75, 3.05) is 19.7 Å². The molecule has 1 saturated heterocycles. The first-order chi connectivity index (χ1) is 7.25. The maximum absolute atomic E-state index is 11.4. The monoisotopic (exact) mass is 212 g/mol. The van der Waals surface area contributed by atoms with Crippen LogP contribution in [0.2, 0.25) is 0 Å². The highest BCUT2D eigenvalue weighted by Gasteiger charge is 2.33. The van der Waals surface area contributed by atoms with E-state index in [4.69, 9.17) is 4.74 Å². The molecule has 2 N–H and O–H groups in total. The van der Waals surface area contributed by atoms with Gasteiger partial charge in [0, 0.05) is 6.04 Å². The van der Waals surface area contributed by atoms with Gasteiger partial charge in [0.2, 0.25) is 5.91 Å². The summed E-state index contributed by atoms with van der Waals surface area (Å²) in [5.74, 6) is 0.704. The Morgan fingerprint density at radius 1 is 1.47 bits per heavy atom. The first-order valence-electron chi connectivity index (χ1n) is 5.87. The lowest BCUT2D eigenvalue weighted by Crippen LogP contribution is -2.36. The van der Waals surface area contributed by atoms with Crippen LogP contribution in [0.4, 0.5) is 0 Å². The van der Waals surface area contributed by atoms with Gasteiger partial charge in [0.1, 0.15) is 6.61 Å². The molecule has 2 fully saturated rings. The molecule has 0 aromatic carbocycles. The Labute approximate surface area is 90.8 Å². The second kappa shape index (κ2) is 4.94. The zero-order chi connectivity index (χ0) is 10.7. The fraction of sp³-hybridized carbons (Fsp3) is 0.909. The minimum absolute atomic E-state index is 0.0443. The summed E-state index contributed by atoms with van der Waals surface area (Å²) >= 11 is 0. The van der Waals surface area contributed by atoms with Crippen LogP contribution in [0.25, 0.3) is 0 Å². The van der Waals surface area contributed by atoms with Gasteiger partial charge in [0.25, 0.3) is 0 Å². The number of rotatable bonds is 4. The van der Waals surface area contributed by atoms with Gasteiger partial charge in [-0.2, -0.15) is 0 Å². The summed E-state index contributed by atoms with van der Waals surface area (Å²) in [6.07, 6.45) is 3.44. The normalized spacial score (nSPS) is 31.3. The smallest absolute Gasteiger partial charge is 0.246 e. The fourth-order valence-electron chi connectivity index (χ4n) is 1.93. The fourth-order valence-corrected chi connectivity index (χ4v) is 1.93. The zero-order valence-corrected chi connectivity index (χ0v) is 9.29. The molecule has 1 amide bonds. The summed E-state index contributed by atoms with van der Waals surface area (Å²) in [6.45, 7) is 4.39. The van der Waals surface area contributed by atoms with Crippen molar-refractivity contribution in [2.45, 2.75) is 38.3 Å². The first-order valence-corrected chi connectivity index (χ1v) is 5.87. The number of carbonyl (C=O) groups is 1. The molecule has 2 atom stereocenters. The van der Waals surface area contributed by atoms with E-state index < -0.39 is 0 Å². The highest BCUT2D eigenvalue weighted by molar-refractivity contribution is 5.77. The predicted molar refractivity (Wildman–Crippen MR) is 57.6 cm³/mol. The van der Waals surface area contributed by atoms with Gasteiger partial charge < -0.3 is 15.4 Å². The molecule has 0 aromatic rings. The molecule has 2 unspecified atom stereocenters. The molecule has 1 aliphatic heterocycles. The lowest BCUT2D eigenvalue weighted by molar-refractivity contribution is -0.128. The lowest BCUT2D eigenvalue weighted by atomic mass is 10.1. The van der Waals surface area contributed by atoms with Crippen molar-refractivity contribution in [3.05, 3.63) is 0 Å². The minimum atomic E-state index is 0.0443. The van der Waals surface area contributed by atoms with Crippen LogP contribution in [0, 0.1) is 5.92 Å². The summed E-state index contributed by atoms with van der Waals surface area (Å²) in [5.41, 5.74) is 0. The second-order valence-corrected chi connectivity index (χ2v) is 4.65. The molecule has 2 rings (SSSR count). The molecule has 0 spiro atoms. The van der Waals surface area contributed by atoms with Crippen LogP contribution >= 0.6 is 0 Å². The van der Waals surface area contributed by atoms with Gasteiger partial charge in [-0.25, -0.2) is 0 Å². The van der Waals surface area contributed by atoms with Crippen molar-refractivity contribution >= 4 is 5.91 Å². The van der Waals surface area contributed by atoms with E-state index in [0.29, 0.717) is 12.0 Å². The number of nitrogens with one attached hydrogen (secondary N) is 2. The minimum Gasteiger partial charge on any atom is -0.368 e. The number of piperidine rings is 1. The summed E-state index contributed by atoms with van der Waals surface area (Å²) in [5, 5.41) is 6.23. The van der Waals surface area contributed by atoms with Crippen molar-refractivity contribution in [2.24, 2.45) is 5.92 Å². The third-order valence-electron chi connectivity index (χ3n) is 3.19. The Morgan fingerprint density at radius 3 is 2.73 bits per heavy atom. The predicted octanol–water partition coefficient (Wildman–Crippen LogP) is 0.280. The largest absolute Gasteiger partial charge is 0.368 e. The standard InChI is InChI=1S/C11H20N2O2/c1-8-6-10(8)13-11(14)7-15-9-2-4-12-5-3-9/h8-10,12H,2-7H2,1H3,(H,13,14). The number of hydrogen-bond donors (Lipinski definition) is 2. The lowest BCUT2D eigenvalue weighted by Gasteiger charge is -2.22. The van der Waals surface area contributed by atoms with Crippen molar-refractivity contribution in [1.29, 1.82) is 0 Å². The molecule has 4 heteroatoms. The molecular weight excluding hydrogens is 192 g/mol. The Hall–Kier alpha value is -0.610. The Bertz CT molecular complexity index is 227. The molecule has 1 saturated carbocycles.